The van der Waals surface area contributed by atoms with Crippen molar-refractivity contribution in [3.05, 3.63) is 34.9 Å². The summed E-state index contributed by atoms with van der Waals surface area (Å²) in [6.45, 7) is 0. The first kappa shape index (κ1) is 13.3. The van der Waals surface area contributed by atoms with E-state index < -0.39 is 0 Å². The van der Waals surface area contributed by atoms with Gasteiger partial charge in [0.15, 0.2) is 0 Å². The predicted molar refractivity (Wildman–Crippen MR) is 80.4 cm³/mol. The Labute approximate surface area is 123 Å². The summed E-state index contributed by atoms with van der Waals surface area (Å²) in [7, 11) is 0. The van der Waals surface area contributed by atoms with Crippen LogP contribution in [0, 0.1) is 0 Å². The zero-order valence-corrected chi connectivity index (χ0v) is 12.4. The highest BCUT2D eigenvalue weighted by Gasteiger charge is 2.37. The van der Waals surface area contributed by atoms with Crippen LogP contribution in [0.15, 0.2) is 24.3 Å². The molecular weight excluding hydrogens is 278 g/mol. The van der Waals surface area contributed by atoms with Gasteiger partial charge in [-0.3, -0.25) is 4.79 Å². The van der Waals surface area contributed by atoms with Gasteiger partial charge in [0.2, 0.25) is 5.91 Å². The van der Waals surface area contributed by atoms with Crippen molar-refractivity contribution in [2.45, 2.75) is 43.5 Å². The lowest BCUT2D eigenvalue weighted by atomic mass is 9.93. The smallest absolute Gasteiger partial charge is 0.234 e. The number of halogens is 1. The maximum absolute atomic E-state index is 12.2. The summed E-state index contributed by atoms with van der Waals surface area (Å²) in [4.78, 5) is 14.3. The summed E-state index contributed by atoms with van der Waals surface area (Å²) in [5.74, 6) is 0.918. The fraction of sp³-hybridized carbons (Fsp3) is 0.533. The number of nitrogens with zero attached hydrogens (tertiary/aromatic N) is 1. The third-order valence-corrected chi connectivity index (χ3v) is 5.51. The molecule has 0 N–H and O–H groups in total. The lowest BCUT2D eigenvalue weighted by molar-refractivity contribution is -0.131. The Hall–Kier alpha value is -0.670. The van der Waals surface area contributed by atoms with Crippen molar-refractivity contribution in [2.75, 3.05) is 5.75 Å². The van der Waals surface area contributed by atoms with E-state index in [1.165, 1.54) is 24.8 Å². The molecule has 1 aliphatic carbocycles. The Morgan fingerprint density at radius 1 is 1.11 bits per heavy atom. The SMILES string of the molecule is O=C1CS[C@@H](c2ccc(Cl)cc2)N1C1CCCCC1. The van der Waals surface area contributed by atoms with Crippen LogP contribution in [0.25, 0.3) is 0 Å². The number of thioether (sulfide) groups is 1. The van der Waals surface area contributed by atoms with Crippen LogP contribution in [-0.2, 0) is 4.79 Å². The minimum absolute atomic E-state index is 0.188. The molecule has 2 nitrogen and oxygen atoms in total. The lowest BCUT2D eigenvalue weighted by Crippen LogP contribution is -2.39. The highest BCUT2D eigenvalue weighted by atomic mass is 35.5. The number of benzene rings is 1. The second-order valence-corrected chi connectivity index (χ2v) is 6.81. The number of rotatable bonds is 2. The zero-order valence-electron chi connectivity index (χ0n) is 10.8. The van der Waals surface area contributed by atoms with Crippen molar-refractivity contribution in [3.8, 4) is 0 Å². The minimum Gasteiger partial charge on any atom is -0.323 e. The summed E-state index contributed by atoms with van der Waals surface area (Å²) >= 11 is 7.69. The molecule has 0 radical (unpaired) electrons. The topological polar surface area (TPSA) is 20.3 Å². The molecule has 1 atom stereocenters. The van der Waals surface area contributed by atoms with E-state index in [-0.39, 0.29) is 5.37 Å². The van der Waals surface area contributed by atoms with Gasteiger partial charge in [-0.1, -0.05) is 43.0 Å². The van der Waals surface area contributed by atoms with Crippen molar-refractivity contribution >= 4 is 29.3 Å². The van der Waals surface area contributed by atoms with Gasteiger partial charge >= 0.3 is 0 Å². The molecule has 102 valence electrons. The third-order valence-electron chi connectivity index (χ3n) is 4.03. The fourth-order valence-electron chi connectivity index (χ4n) is 3.07. The van der Waals surface area contributed by atoms with E-state index in [0.29, 0.717) is 17.7 Å². The van der Waals surface area contributed by atoms with Crippen LogP contribution in [0.1, 0.15) is 43.0 Å². The maximum Gasteiger partial charge on any atom is 0.234 e. The molecule has 1 saturated heterocycles. The number of hydrogen-bond acceptors (Lipinski definition) is 2. The predicted octanol–water partition coefficient (Wildman–Crippen LogP) is 4.25. The van der Waals surface area contributed by atoms with E-state index in [9.17, 15) is 4.79 Å². The zero-order chi connectivity index (χ0) is 13.2. The number of hydrogen-bond donors (Lipinski definition) is 0. The number of carbonyl (C=O) groups is 1. The summed E-state index contributed by atoms with van der Waals surface area (Å²) in [5.41, 5.74) is 1.20. The van der Waals surface area contributed by atoms with Crippen LogP contribution < -0.4 is 0 Å². The second kappa shape index (κ2) is 5.76. The van der Waals surface area contributed by atoms with Crippen LogP contribution >= 0.6 is 23.4 Å². The summed E-state index contributed by atoms with van der Waals surface area (Å²) < 4.78 is 0. The van der Waals surface area contributed by atoms with Crippen molar-refractivity contribution < 1.29 is 4.79 Å². The molecule has 1 amide bonds. The summed E-state index contributed by atoms with van der Waals surface area (Å²) in [6, 6.07) is 8.37. The van der Waals surface area contributed by atoms with Gasteiger partial charge in [-0.2, -0.15) is 0 Å². The molecule has 0 bridgehead atoms. The van der Waals surface area contributed by atoms with Gasteiger partial charge in [-0.15, -0.1) is 11.8 Å². The van der Waals surface area contributed by atoms with E-state index >= 15 is 0 Å². The van der Waals surface area contributed by atoms with Crippen LogP contribution in [0.4, 0.5) is 0 Å². The quantitative estimate of drug-likeness (QED) is 0.813. The summed E-state index contributed by atoms with van der Waals surface area (Å²) in [6.07, 6.45) is 6.16. The van der Waals surface area contributed by atoms with Crippen LogP contribution in [0.2, 0.25) is 5.02 Å². The Morgan fingerprint density at radius 2 is 1.79 bits per heavy atom. The first-order chi connectivity index (χ1) is 9.25. The van der Waals surface area contributed by atoms with Gasteiger partial charge in [0, 0.05) is 11.1 Å². The van der Waals surface area contributed by atoms with Crippen LogP contribution in [-0.4, -0.2) is 22.6 Å². The van der Waals surface area contributed by atoms with Gasteiger partial charge in [0.25, 0.3) is 0 Å². The number of carbonyl (C=O) groups excluding carboxylic acids is 1. The van der Waals surface area contributed by atoms with Crippen molar-refractivity contribution in [2.24, 2.45) is 0 Å². The first-order valence-corrected chi connectivity index (χ1v) is 8.36. The van der Waals surface area contributed by atoms with Crippen molar-refractivity contribution in [1.29, 1.82) is 0 Å². The molecular formula is C15H18ClNOS. The highest BCUT2D eigenvalue weighted by molar-refractivity contribution is 8.00. The van der Waals surface area contributed by atoms with Gasteiger partial charge in [-0.05, 0) is 30.5 Å². The van der Waals surface area contributed by atoms with Crippen molar-refractivity contribution in [1.82, 2.24) is 4.90 Å². The average molecular weight is 296 g/mol. The molecule has 2 fully saturated rings. The molecule has 0 unspecified atom stereocenters. The van der Waals surface area contributed by atoms with E-state index in [1.54, 1.807) is 11.8 Å². The molecule has 1 saturated carbocycles. The van der Waals surface area contributed by atoms with E-state index in [0.717, 1.165) is 17.9 Å². The van der Waals surface area contributed by atoms with E-state index in [1.807, 2.05) is 12.1 Å². The Bertz CT molecular complexity index is 456. The molecule has 4 heteroatoms. The molecule has 1 heterocycles. The van der Waals surface area contributed by atoms with Crippen molar-refractivity contribution in [3.63, 3.8) is 0 Å². The third kappa shape index (κ3) is 2.77. The Balaban J connectivity index is 1.83. The van der Waals surface area contributed by atoms with Crippen LogP contribution in [0.3, 0.4) is 0 Å². The molecule has 3 rings (SSSR count). The van der Waals surface area contributed by atoms with E-state index in [2.05, 4.69) is 17.0 Å². The molecule has 2 aliphatic rings. The van der Waals surface area contributed by atoms with Gasteiger partial charge < -0.3 is 4.90 Å². The highest BCUT2D eigenvalue weighted by Crippen LogP contribution is 2.42. The normalized spacial score (nSPS) is 25.0. The largest absolute Gasteiger partial charge is 0.323 e. The summed E-state index contributed by atoms with van der Waals surface area (Å²) in [5, 5.41) is 0.940. The Morgan fingerprint density at radius 3 is 2.47 bits per heavy atom. The van der Waals surface area contributed by atoms with Gasteiger partial charge in [-0.25, -0.2) is 0 Å². The molecule has 1 aliphatic heterocycles. The second-order valence-electron chi connectivity index (χ2n) is 5.31. The van der Waals surface area contributed by atoms with E-state index in [4.69, 9.17) is 11.6 Å². The number of amides is 1. The molecule has 1 aromatic rings. The molecule has 19 heavy (non-hydrogen) atoms. The fourth-order valence-corrected chi connectivity index (χ4v) is 4.45. The van der Waals surface area contributed by atoms with Crippen LogP contribution in [0.5, 0.6) is 0 Å². The first-order valence-electron chi connectivity index (χ1n) is 6.94. The standard InChI is InChI=1S/C15H18ClNOS/c16-12-8-6-11(7-9-12)15-17(14(18)10-19-15)13-4-2-1-3-5-13/h6-9,13,15H,1-5,10H2/t15-/m0/s1. The Kier molecular flexibility index (Phi) is 4.04. The molecule has 0 aromatic heterocycles. The lowest BCUT2D eigenvalue weighted by Gasteiger charge is -2.35. The van der Waals surface area contributed by atoms with Gasteiger partial charge in [0.05, 0.1) is 5.75 Å². The maximum atomic E-state index is 12.2. The van der Waals surface area contributed by atoms with Gasteiger partial charge in [0.1, 0.15) is 5.37 Å². The molecule has 1 aromatic carbocycles. The monoisotopic (exact) mass is 295 g/mol. The minimum atomic E-state index is 0.188. The average Bonchev–Trinajstić information content (AvgIpc) is 2.82. The molecule has 0 spiro atoms.